The second-order valence-corrected chi connectivity index (χ2v) is 6.48. The fourth-order valence-corrected chi connectivity index (χ4v) is 2.55. The molecule has 0 radical (unpaired) electrons. The molecule has 1 atom stereocenters. The van der Waals surface area contributed by atoms with Crippen LogP contribution in [0.15, 0.2) is 36.4 Å². The van der Waals surface area contributed by atoms with Crippen LogP contribution in [-0.4, -0.2) is 17.9 Å². The molecule has 0 saturated heterocycles. The van der Waals surface area contributed by atoms with Gasteiger partial charge in [-0.2, -0.15) is 0 Å². The molecule has 2 rings (SSSR count). The van der Waals surface area contributed by atoms with E-state index < -0.39 is 17.9 Å². The lowest BCUT2D eigenvalue weighted by Crippen LogP contribution is -2.47. The highest BCUT2D eigenvalue weighted by atomic mass is 35.5. The van der Waals surface area contributed by atoms with E-state index in [1.54, 1.807) is 13.0 Å². The molecule has 132 valence electrons. The van der Waals surface area contributed by atoms with Crippen molar-refractivity contribution in [1.82, 2.24) is 10.9 Å². The van der Waals surface area contributed by atoms with Crippen LogP contribution in [0.4, 0.5) is 0 Å². The van der Waals surface area contributed by atoms with E-state index in [1.165, 1.54) is 18.2 Å². The SMILES string of the molecule is Cc1ccc(OC(C)C(=O)NNC(=O)c2cc(Cl)cc(Cl)c2)cc1C. The summed E-state index contributed by atoms with van der Waals surface area (Å²) in [7, 11) is 0. The van der Waals surface area contributed by atoms with Gasteiger partial charge in [0.25, 0.3) is 11.8 Å². The highest BCUT2D eigenvalue weighted by Gasteiger charge is 2.16. The second kappa shape index (κ2) is 8.23. The van der Waals surface area contributed by atoms with Crippen LogP contribution in [0.2, 0.25) is 10.0 Å². The van der Waals surface area contributed by atoms with Crippen molar-refractivity contribution in [2.75, 3.05) is 0 Å². The first kappa shape index (κ1) is 19.1. The molecule has 0 bridgehead atoms. The molecule has 0 fully saturated rings. The molecule has 0 aliphatic rings. The lowest BCUT2D eigenvalue weighted by molar-refractivity contribution is -0.128. The number of rotatable bonds is 4. The molecular formula is C18H18Cl2N2O3. The van der Waals surface area contributed by atoms with E-state index in [0.29, 0.717) is 15.8 Å². The summed E-state index contributed by atoms with van der Waals surface area (Å²) in [4.78, 5) is 24.1. The number of hydrazine groups is 1. The molecule has 0 heterocycles. The molecule has 2 amide bonds. The van der Waals surface area contributed by atoms with Crippen LogP contribution in [0.25, 0.3) is 0 Å². The van der Waals surface area contributed by atoms with Gasteiger partial charge in [-0.15, -0.1) is 0 Å². The molecule has 2 N–H and O–H groups in total. The predicted octanol–water partition coefficient (Wildman–Crippen LogP) is 3.84. The minimum Gasteiger partial charge on any atom is -0.481 e. The van der Waals surface area contributed by atoms with Gasteiger partial charge in [0, 0.05) is 15.6 Å². The third-order valence-electron chi connectivity index (χ3n) is 3.58. The molecule has 1 unspecified atom stereocenters. The number of carbonyl (C=O) groups excluding carboxylic acids is 2. The monoisotopic (exact) mass is 380 g/mol. The van der Waals surface area contributed by atoms with Crippen molar-refractivity contribution in [3.63, 3.8) is 0 Å². The van der Waals surface area contributed by atoms with Gasteiger partial charge >= 0.3 is 0 Å². The number of aryl methyl sites for hydroxylation is 2. The Bertz CT molecular complexity index is 789. The molecule has 25 heavy (non-hydrogen) atoms. The number of halogens is 2. The van der Waals surface area contributed by atoms with E-state index in [-0.39, 0.29) is 5.56 Å². The molecular weight excluding hydrogens is 363 g/mol. The van der Waals surface area contributed by atoms with Crippen molar-refractivity contribution in [2.24, 2.45) is 0 Å². The summed E-state index contributed by atoms with van der Waals surface area (Å²) in [6.07, 6.45) is -0.787. The van der Waals surface area contributed by atoms with Crippen molar-refractivity contribution in [3.8, 4) is 5.75 Å². The quantitative estimate of drug-likeness (QED) is 0.791. The molecule has 0 spiro atoms. The van der Waals surface area contributed by atoms with Crippen molar-refractivity contribution in [3.05, 3.63) is 63.1 Å². The number of ether oxygens (including phenoxy) is 1. The molecule has 7 heteroatoms. The summed E-state index contributed by atoms with van der Waals surface area (Å²) >= 11 is 11.7. The molecule has 0 aromatic heterocycles. The van der Waals surface area contributed by atoms with Crippen molar-refractivity contribution >= 4 is 35.0 Å². The van der Waals surface area contributed by atoms with Crippen molar-refractivity contribution in [1.29, 1.82) is 0 Å². The van der Waals surface area contributed by atoms with E-state index in [9.17, 15) is 9.59 Å². The predicted molar refractivity (Wildman–Crippen MR) is 98.1 cm³/mol. The fraction of sp³-hybridized carbons (Fsp3) is 0.222. The smallest absolute Gasteiger partial charge is 0.279 e. The van der Waals surface area contributed by atoms with E-state index in [4.69, 9.17) is 27.9 Å². The van der Waals surface area contributed by atoms with Gasteiger partial charge in [-0.05, 0) is 62.2 Å². The Morgan fingerprint density at radius 3 is 2.20 bits per heavy atom. The van der Waals surface area contributed by atoms with Gasteiger partial charge in [0.2, 0.25) is 0 Å². The van der Waals surface area contributed by atoms with Gasteiger partial charge in [0.05, 0.1) is 0 Å². The Hall–Kier alpha value is -2.24. The number of nitrogens with one attached hydrogen (secondary N) is 2. The maximum Gasteiger partial charge on any atom is 0.279 e. The van der Waals surface area contributed by atoms with E-state index >= 15 is 0 Å². The Morgan fingerprint density at radius 1 is 0.960 bits per heavy atom. The van der Waals surface area contributed by atoms with Crippen LogP contribution in [0.1, 0.15) is 28.4 Å². The minimum absolute atomic E-state index is 0.237. The average Bonchev–Trinajstić information content (AvgIpc) is 2.54. The highest BCUT2D eigenvalue weighted by Crippen LogP contribution is 2.19. The van der Waals surface area contributed by atoms with Crippen LogP contribution in [-0.2, 0) is 4.79 Å². The summed E-state index contributed by atoms with van der Waals surface area (Å²) < 4.78 is 5.58. The molecule has 0 aliphatic heterocycles. The van der Waals surface area contributed by atoms with Gasteiger partial charge < -0.3 is 4.74 Å². The number of amides is 2. The first-order chi connectivity index (χ1) is 11.8. The lowest BCUT2D eigenvalue weighted by atomic mass is 10.1. The normalized spacial score (nSPS) is 11.6. The summed E-state index contributed by atoms with van der Waals surface area (Å²) in [5.41, 5.74) is 7.06. The second-order valence-electron chi connectivity index (χ2n) is 5.61. The summed E-state index contributed by atoms with van der Waals surface area (Å²) in [6.45, 7) is 5.54. The number of hydrogen-bond acceptors (Lipinski definition) is 3. The van der Waals surface area contributed by atoms with Crippen LogP contribution in [0.5, 0.6) is 5.75 Å². The third-order valence-corrected chi connectivity index (χ3v) is 4.02. The van der Waals surface area contributed by atoms with Gasteiger partial charge in [-0.25, -0.2) is 0 Å². The standard InChI is InChI=1S/C18H18Cl2N2O3/c1-10-4-5-16(6-11(10)2)25-12(3)17(23)21-22-18(24)13-7-14(19)9-15(20)8-13/h4-9,12H,1-3H3,(H,21,23)(H,22,24). The Labute approximate surface area is 156 Å². The Morgan fingerprint density at radius 2 is 1.60 bits per heavy atom. The molecule has 2 aromatic carbocycles. The first-order valence-electron chi connectivity index (χ1n) is 7.56. The average molecular weight is 381 g/mol. The number of carbonyl (C=O) groups is 2. The summed E-state index contributed by atoms with van der Waals surface area (Å²) in [6, 6.07) is 9.97. The van der Waals surface area contributed by atoms with Gasteiger partial charge in [0.1, 0.15) is 5.75 Å². The zero-order valence-electron chi connectivity index (χ0n) is 14.0. The fourth-order valence-electron chi connectivity index (χ4n) is 2.02. The van der Waals surface area contributed by atoms with Crippen molar-refractivity contribution in [2.45, 2.75) is 26.9 Å². The highest BCUT2D eigenvalue weighted by molar-refractivity contribution is 6.35. The minimum atomic E-state index is -0.787. The van der Waals surface area contributed by atoms with Crippen LogP contribution >= 0.6 is 23.2 Å². The van der Waals surface area contributed by atoms with Crippen LogP contribution < -0.4 is 15.6 Å². The van der Waals surface area contributed by atoms with Crippen LogP contribution in [0.3, 0.4) is 0 Å². The lowest BCUT2D eigenvalue weighted by Gasteiger charge is -2.16. The van der Waals surface area contributed by atoms with E-state index in [1.807, 2.05) is 26.0 Å². The Balaban J connectivity index is 1.92. The first-order valence-corrected chi connectivity index (χ1v) is 8.32. The molecule has 0 saturated carbocycles. The van der Waals surface area contributed by atoms with Gasteiger partial charge in [-0.1, -0.05) is 29.3 Å². The van der Waals surface area contributed by atoms with Crippen LogP contribution in [0, 0.1) is 13.8 Å². The number of hydrogen-bond donors (Lipinski definition) is 2. The third kappa shape index (κ3) is 5.37. The van der Waals surface area contributed by atoms with E-state index in [0.717, 1.165) is 11.1 Å². The summed E-state index contributed by atoms with van der Waals surface area (Å²) in [5, 5.41) is 0.658. The largest absolute Gasteiger partial charge is 0.481 e. The zero-order chi connectivity index (χ0) is 18.6. The van der Waals surface area contributed by atoms with Crippen molar-refractivity contribution < 1.29 is 14.3 Å². The molecule has 0 aliphatic carbocycles. The molecule has 2 aromatic rings. The Kier molecular flexibility index (Phi) is 6.28. The van der Waals surface area contributed by atoms with Gasteiger partial charge in [-0.3, -0.25) is 20.4 Å². The van der Waals surface area contributed by atoms with Gasteiger partial charge in [0.15, 0.2) is 6.10 Å². The molecule has 5 nitrogen and oxygen atoms in total. The maximum atomic E-state index is 12.1. The number of benzene rings is 2. The summed E-state index contributed by atoms with van der Waals surface area (Å²) in [5.74, 6) is -0.436. The maximum absolute atomic E-state index is 12.1. The topological polar surface area (TPSA) is 67.4 Å². The van der Waals surface area contributed by atoms with E-state index in [2.05, 4.69) is 10.9 Å². The zero-order valence-corrected chi connectivity index (χ0v) is 15.5.